The Morgan fingerprint density at radius 2 is 1.96 bits per heavy atom. The number of nitrogens with zero attached hydrogens (tertiary/aromatic N) is 1. The standard InChI is InChI=1S/C20H21N3O/c1-15-7-6-8-17(11-15)13-22-14-19(12-21)20(24)23-16(2)18-9-4-3-5-10-18/h3-11,14,16,22H,13H2,1-2H3,(H,23,24)/b19-14-. The van der Waals surface area contributed by atoms with Gasteiger partial charge < -0.3 is 10.6 Å². The van der Waals surface area contributed by atoms with Gasteiger partial charge in [0.2, 0.25) is 0 Å². The quantitative estimate of drug-likeness (QED) is 0.634. The number of carbonyl (C=O) groups is 1. The van der Waals surface area contributed by atoms with Crippen molar-refractivity contribution >= 4 is 5.91 Å². The minimum absolute atomic E-state index is 0.0606. The van der Waals surface area contributed by atoms with Crippen molar-refractivity contribution in [3.05, 3.63) is 83.1 Å². The highest BCUT2D eigenvalue weighted by Crippen LogP contribution is 2.11. The van der Waals surface area contributed by atoms with E-state index in [0.717, 1.165) is 11.1 Å². The van der Waals surface area contributed by atoms with Gasteiger partial charge in [-0.25, -0.2) is 0 Å². The fourth-order valence-corrected chi connectivity index (χ4v) is 2.34. The Morgan fingerprint density at radius 1 is 1.21 bits per heavy atom. The topological polar surface area (TPSA) is 64.9 Å². The van der Waals surface area contributed by atoms with Crippen molar-refractivity contribution in [1.29, 1.82) is 5.26 Å². The van der Waals surface area contributed by atoms with Crippen LogP contribution in [0.4, 0.5) is 0 Å². The van der Waals surface area contributed by atoms with Gasteiger partial charge in [0.05, 0.1) is 6.04 Å². The van der Waals surface area contributed by atoms with Crippen LogP contribution in [0.15, 0.2) is 66.4 Å². The molecule has 24 heavy (non-hydrogen) atoms. The number of carbonyl (C=O) groups excluding carboxylic acids is 1. The minimum atomic E-state index is -0.384. The number of benzene rings is 2. The molecule has 0 aliphatic heterocycles. The summed E-state index contributed by atoms with van der Waals surface area (Å²) in [6, 6.07) is 19.5. The van der Waals surface area contributed by atoms with Crippen molar-refractivity contribution in [3.63, 3.8) is 0 Å². The zero-order chi connectivity index (χ0) is 17.4. The minimum Gasteiger partial charge on any atom is -0.386 e. The van der Waals surface area contributed by atoms with E-state index in [2.05, 4.69) is 16.7 Å². The molecule has 1 atom stereocenters. The molecular formula is C20H21N3O. The van der Waals surface area contributed by atoms with Crippen molar-refractivity contribution < 1.29 is 4.79 Å². The van der Waals surface area contributed by atoms with Crippen molar-refractivity contribution in [2.24, 2.45) is 0 Å². The Labute approximate surface area is 142 Å². The number of rotatable bonds is 6. The summed E-state index contributed by atoms with van der Waals surface area (Å²) in [6.07, 6.45) is 1.47. The lowest BCUT2D eigenvalue weighted by atomic mass is 10.1. The fraction of sp³-hybridized carbons (Fsp3) is 0.200. The van der Waals surface area contributed by atoms with E-state index >= 15 is 0 Å². The molecule has 2 rings (SSSR count). The van der Waals surface area contributed by atoms with Gasteiger partial charge in [0, 0.05) is 12.7 Å². The van der Waals surface area contributed by atoms with E-state index in [1.165, 1.54) is 11.8 Å². The molecule has 2 aromatic rings. The molecule has 0 spiro atoms. The second-order valence-electron chi connectivity index (χ2n) is 5.65. The highest BCUT2D eigenvalue weighted by Gasteiger charge is 2.13. The largest absolute Gasteiger partial charge is 0.386 e. The van der Waals surface area contributed by atoms with Crippen molar-refractivity contribution in [2.75, 3.05) is 0 Å². The zero-order valence-corrected chi connectivity index (χ0v) is 13.9. The smallest absolute Gasteiger partial charge is 0.263 e. The van der Waals surface area contributed by atoms with Crippen LogP contribution < -0.4 is 10.6 Å². The molecule has 2 N–H and O–H groups in total. The molecule has 0 aliphatic carbocycles. The lowest BCUT2D eigenvalue weighted by Crippen LogP contribution is -2.28. The summed E-state index contributed by atoms with van der Waals surface area (Å²) in [7, 11) is 0. The first-order chi connectivity index (χ1) is 11.6. The average Bonchev–Trinajstić information content (AvgIpc) is 2.59. The Morgan fingerprint density at radius 3 is 2.62 bits per heavy atom. The highest BCUT2D eigenvalue weighted by molar-refractivity contribution is 5.97. The van der Waals surface area contributed by atoms with Crippen molar-refractivity contribution in [1.82, 2.24) is 10.6 Å². The molecular weight excluding hydrogens is 298 g/mol. The first-order valence-corrected chi connectivity index (χ1v) is 7.85. The van der Waals surface area contributed by atoms with E-state index in [-0.39, 0.29) is 17.5 Å². The first kappa shape index (κ1) is 17.3. The molecule has 0 aliphatic rings. The lowest BCUT2D eigenvalue weighted by Gasteiger charge is -2.13. The van der Waals surface area contributed by atoms with E-state index in [0.29, 0.717) is 6.54 Å². The predicted molar refractivity (Wildman–Crippen MR) is 94.7 cm³/mol. The Kier molecular flexibility index (Phi) is 6.16. The third-order valence-electron chi connectivity index (χ3n) is 3.65. The van der Waals surface area contributed by atoms with Crippen LogP contribution in [-0.4, -0.2) is 5.91 Å². The van der Waals surface area contributed by atoms with E-state index < -0.39 is 0 Å². The van der Waals surface area contributed by atoms with Crippen LogP contribution >= 0.6 is 0 Å². The maximum atomic E-state index is 12.2. The van der Waals surface area contributed by atoms with Gasteiger partial charge in [0.1, 0.15) is 11.6 Å². The van der Waals surface area contributed by atoms with Gasteiger partial charge in [0.15, 0.2) is 0 Å². The van der Waals surface area contributed by atoms with Crippen LogP contribution in [0, 0.1) is 18.3 Å². The van der Waals surface area contributed by atoms with Gasteiger partial charge >= 0.3 is 0 Å². The van der Waals surface area contributed by atoms with Gasteiger partial charge in [-0.15, -0.1) is 0 Å². The van der Waals surface area contributed by atoms with Crippen LogP contribution in [0.1, 0.15) is 29.7 Å². The third kappa shape index (κ3) is 4.99. The van der Waals surface area contributed by atoms with Crippen molar-refractivity contribution in [2.45, 2.75) is 26.4 Å². The Bertz CT molecular complexity index is 760. The molecule has 0 heterocycles. The van der Waals surface area contributed by atoms with Gasteiger partial charge in [-0.05, 0) is 25.0 Å². The van der Waals surface area contributed by atoms with Crippen LogP contribution in [0.2, 0.25) is 0 Å². The molecule has 122 valence electrons. The van der Waals surface area contributed by atoms with E-state index in [9.17, 15) is 10.1 Å². The molecule has 4 heteroatoms. The summed E-state index contributed by atoms with van der Waals surface area (Å²) in [5.74, 6) is -0.384. The molecule has 2 aromatic carbocycles. The maximum absolute atomic E-state index is 12.2. The number of nitrogens with one attached hydrogen (secondary N) is 2. The molecule has 1 unspecified atom stereocenters. The molecule has 1 amide bonds. The molecule has 0 aromatic heterocycles. The molecule has 0 bridgehead atoms. The van der Waals surface area contributed by atoms with Crippen LogP contribution in [0.5, 0.6) is 0 Å². The van der Waals surface area contributed by atoms with Gasteiger partial charge in [-0.3, -0.25) is 4.79 Å². The lowest BCUT2D eigenvalue weighted by molar-refractivity contribution is -0.117. The highest BCUT2D eigenvalue weighted by atomic mass is 16.1. The molecule has 4 nitrogen and oxygen atoms in total. The number of hydrogen-bond donors (Lipinski definition) is 2. The third-order valence-corrected chi connectivity index (χ3v) is 3.65. The summed E-state index contributed by atoms with van der Waals surface area (Å²) in [6.45, 7) is 4.48. The van der Waals surface area contributed by atoms with Gasteiger partial charge in [-0.2, -0.15) is 5.26 Å². The van der Waals surface area contributed by atoms with E-state index in [1.54, 1.807) is 0 Å². The number of amides is 1. The number of aryl methyl sites for hydroxylation is 1. The Balaban J connectivity index is 1.94. The van der Waals surface area contributed by atoms with Crippen molar-refractivity contribution in [3.8, 4) is 6.07 Å². The molecule has 0 radical (unpaired) electrons. The maximum Gasteiger partial charge on any atom is 0.263 e. The summed E-state index contributed by atoms with van der Waals surface area (Å²) in [4.78, 5) is 12.2. The number of hydrogen-bond acceptors (Lipinski definition) is 3. The average molecular weight is 319 g/mol. The normalized spacial score (nSPS) is 12.1. The number of nitriles is 1. The van der Waals surface area contributed by atoms with Crippen LogP contribution in [0.3, 0.4) is 0 Å². The zero-order valence-electron chi connectivity index (χ0n) is 13.9. The first-order valence-electron chi connectivity index (χ1n) is 7.85. The SMILES string of the molecule is Cc1cccc(CN/C=C(/C#N)C(=O)NC(C)c2ccccc2)c1. The Hall–Kier alpha value is -3.06. The van der Waals surface area contributed by atoms with Crippen LogP contribution in [0.25, 0.3) is 0 Å². The second kappa shape index (κ2) is 8.54. The summed E-state index contributed by atoms with van der Waals surface area (Å²) < 4.78 is 0. The van der Waals surface area contributed by atoms with Gasteiger partial charge in [-0.1, -0.05) is 60.2 Å². The molecule has 0 saturated carbocycles. The predicted octanol–water partition coefficient (Wildman–Crippen LogP) is 3.37. The van der Waals surface area contributed by atoms with Crippen LogP contribution in [-0.2, 0) is 11.3 Å². The fourth-order valence-electron chi connectivity index (χ4n) is 2.34. The molecule has 0 saturated heterocycles. The van der Waals surface area contributed by atoms with Gasteiger partial charge in [0.25, 0.3) is 5.91 Å². The van der Waals surface area contributed by atoms with E-state index in [1.807, 2.05) is 68.4 Å². The summed E-state index contributed by atoms with van der Waals surface area (Å²) in [5.41, 5.74) is 3.33. The monoisotopic (exact) mass is 319 g/mol. The molecule has 0 fully saturated rings. The summed E-state index contributed by atoms with van der Waals surface area (Å²) >= 11 is 0. The summed E-state index contributed by atoms with van der Waals surface area (Å²) in [5, 5.41) is 15.1. The van der Waals surface area contributed by atoms with E-state index in [4.69, 9.17) is 0 Å². The second-order valence-corrected chi connectivity index (χ2v) is 5.65.